The van der Waals surface area contributed by atoms with E-state index in [0.717, 1.165) is 30.0 Å². The molecular formula is C24H23F3N2O2. The molecule has 7 heteroatoms. The molecule has 1 aliphatic heterocycles. The predicted octanol–water partition coefficient (Wildman–Crippen LogP) is 4.90. The molecule has 2 aromatic carbocycles. The summed E-state index contributed by atoms with van der Waals surface area (Å²) in [5, 5.41) is 3.52. The number of amides is 1. The summed E-state index contributed by atoms with van der Waals surface area (Å²) in [6.45, 7) is 1.90. The zero-order valence-corrected chi connectivity index (χ0v) is 16.9. The van der Waals surface area contributed by atoms with E-state index in [1.807, 2.05) is 0 Å². The van der Waals surface area contributed by atoms with E-state index in [-0.39, 0.29) is 23.2 Å². The van der Waals surface area contributed by atoms with E-state index in [1.54, 1.807) is 12.1 Å². The zero-order valence-electron chi connectivity index (χ0n) is 16.9. The fourth-order valence-corrected chi connectivity index (χ4v) is 4.64. The first-order valence-electron chi connectivity index (χ1n) is 10.6. The molecule has 0 radical (unpaired) electrons. The fourth-order valence-electron chi connectivity index (χ4n) is 4.64. The maximum atomic E-state index is 14.4. The van der Waals surface area contributed by atoms with Crippen molar-refractivity contribution >= 4 is 16.8 Å². The third kappa shape index (κ3) is 3.94. The predicted molar refractivity (Wildman–Crippen MR) is 111 cm³/mol. The number of halogens is 3. The number of ether oxygens (including phenoxy) is 1. The Kier molecular flexibility index (Phi) is 5.22. The lowest BCUT2D eigenvalue weighted by Crippen LogP contribution is -2.38. The van der Waals surface area contributed by atoms with E-state index in [2.05, 4.69) is 10.3 Å². The maximum Gasteiger partial charge on any atom is 0.220 e. The third-order valence-electron chi connectivity index (χ3n) is 6.41. The molecule has 0 spiro atoms. The average molecular weight is 428 g/mol. The number of rotatable bonds is 6. The molecule has 1 saturated carbocycles. The maximum absolute atomic E-state index is 14.4. The van der Waals surface area contributed by atoms with Gasteiger partial charge in [-0.2, -0.15) is 0 Å². The van der Waals surface area contributed by atoms with Gasteiger partial charge in [0.25, 0.3) is 0 Å². The molecule has 3 aromatic rings. The van der Waals surface area contributed by atoms with Gasteiger partial charge in [-0.05, 0) is 66.1 Å². The van der Waals surface area contributed by atoms with E-state index in [4.69, 9.17) is 4.74 Å². The Morgan fingerprint density at radius 3 is 2.45 bits per heavy atom. The lowest BCUT2D eigenvalue weighted by molar-refractivity contribution is -0.126. The number of carbonyl (C=O) groups is 1. The number of hydrogen-bond acceptors (Lipinski definition) is 2. The Morgan fingerprint density at radius 2 is 1.77 bits per heavy atom. The molecule has 2 fully saturated rings. The monoisotopic (exact) mass is 428 g/mol. The van der Waals surface area contributed by atoms with Crippen LogP contribution in [0.4, 0.5) is 13.2 Å². The number of nitrogens with one attached hydrogen (secondary N) is 2. The molecule has 2 aliphatic rings. The second-order valence-electron chi connectivity index (χ2n) is 8.68. The van der Waals surface area contributed by atoms with Crippen molar-refractivity contribution in [1.29, 1.82) is 0 Å². The van der Waals surface area contributed by atoms with Crippen LogP contribution >= 0.6 is 0 Å². The molecule has 2 N–H and O–H groups in total. The largest absolute Gasteiger partial charge is 0.381 e. The van der Waals surface area contributed by atoms with Crippen LogP contribution in [-0.4, -0.2) is 30.6 Å². The SMILES string of the molecule is O=C(CC1COC1)NCC1CC(c2c(-c3ccc(F)cc3)[nH]c3c(F)cc(F)cc23)C1. The van der Waals surface area contributed by atoms with E-state index in [1.165, 1.54) is 18.2 Å². The Balaban J connectivity index is 1.36. The van der Waals surface area contributed by atoms with Crippen LogP contribution in [0.3, 0.4) is 0 Å². The highest BCUT2D eigenvalue weighted by molar-refractivity contribution is 5.92. The summed E-state index contributed by atoms with van der Waals surface area (Å²) in [4.78, 5) is 15.1. The van der Waals surface area contributed by atoms with Crippen LogP contribution < -0.4 is 5.32 Å². The van der Waals surface area contributed by atoms with Crippen molar-refractivity contribution in [3.63, 3.8) is 0 Å². The van der Waals surface area contributed by atoms with E-state index in [0.29, 0.717) is 49.1 Å². The molecular weight excluding hydrogens is 405 g/mol. The molecule has 0 bridgehead atoms. The van der Waals surface area contributed by atoms with Crippen molar-refractivity contribution in [2.75, 3.05) is 19.8 Å². The van der Waals surface area contributed by atoms with Gasteiger partial charge < -0.3 is 15.0 Å². The summed E-state index contributed by atoms with van der Waals surface area (Å²) in [6, 6.07) is 8.20. The molecule has 1 amide bonds. The molecule has 1 saturated heterocycles. The second kappa shape index (κ2) is 8.04. The first-order valence-corrected chi connectivity index (χ1v) is 10.6. The molecule has 5 rings (SSSR count). The summed E-state index contributed by atoms with van der Waals surface area (Å²) in [7, 11) is 0. The highest BCUT2D eigenvalue weighted by Crippen LogP contribution is 2.48. The van der Waals surface area contributed by atoms with Gasteiger partial charge in [0.2, 0.25) is 5.91 Å². The number of H-pyrrole nitrogens is 1. The number of fused-ring (bicyclic) bond motifs is 1. The van der Waals surface area contributed by atoms with Crippen LogP contribution in [0.1, 0.15) is 30.7 Å². The number of aromatic nitrogens is 1. The van der Waals surface area contributed by atoms with Crippen LogP contribution in [0.25, 0.3) is 22.2 Å². The number of carbonyl (C=O) groups excluding carboxylic acids is 1. The van der Waals surface area contributed by atoms with E-state index >= 15 is 0 Å². The van der Waals surface area contributed by atoms with Gasteiger partial charge in [0.1, 0.15) is 17.5 Å². The Morgan fingerprint density at radius 1 is 1.03 bits per heavy atom. The summed E-state index contributed by atoms with van der Waals surface area (Å²) in [5.41, 5.74) is 2.54. The van der Waals surface area contributed by atoms with Gasteiger partial charge in [0.05, 0.1) is 24.4 Å². The van der Waals surface area contributed by atoms with Gasteiger partial charge in [-0.3, -0.25) is 4.79 Å². The normalized spacial score (nSPS) is 21.0. The van der Waals surface area contributed by atoms with Crippen LogP contribution in [0, 0.1) is 29.3 Å². The lowest BCUT2D eigenvalue weighted by Gasteiger charge is -2.36. The summed E-state index contributed by atoms with van der Waals surface area (Å²) < 4.78 is 46.9. The Hall–Kier alpha value is -2.80. The van der Waals surface area contributed by atoms with Crippen molar-refractivity contribution in [3.8, 4) is 11.3 Å². The first-order chi connectivity index (χ1) is 15.0. The van der Waals surface area contributed by atoms with Crippen molar-refractivity contribution < 1.29 is 22.7 Å². The minimum absolute atomic E-state index is 0.0417. The summed E-state index contributed by atoms with van der Waals surface area (Å²) in [6.07, 6.45) is 2.12. The Labute approximate surface area is 177 Å². The molecule has 1 aromatic heterocycles. The smallest absolute Gasteiger partial charge is 0.220 e. The van der Waals surface area contributed by atoms with Gasteiger partial charge in [0, 0.05) is 30.3 Å². The Bertz CT molecular complexity index is 1120. The number of benzene rings is 2. The number of aromatic amines is 1. The van der Waals surface area contributed by atoms with Gasteiger partial charge in [-0.15, -0.1) is 0 Å². The lowest BCUT2D eigenvalue weighted by atomic mass is 9.70. The molecule has 0 atom stereocenters. The van der Waals surface area contributed by atoms with Crippen molar-refractivity contribution in [3.05, 3.63) is 59.4 Å². The minimum Gasteiger partial charge on any atom is -0.381 e. The highest BCUT2D eigenvalue weighted by Gasteiger charge is 2.35. The van der Waals surface area contributed by atoms with Crippen LogP contribution in [-0.2, 0) is 9.53 Å². The van der Waals surface area contributed by atoms with E-state index in [9.17, 15) is 18.0 Å². The first kappa shape index (κ1) is 20.1. The average Bonchev–Trinajstić information content (AvgIpc) is 3.03. The summed E-state index contributed by atoms with van der Waals surface area (Å²) >= 11 is 0. The minimum atomic E-state index is -0.646. The molecule has 162 valence electrons. The van der Waals surface area contributed by atoms with Gasteiger partial charge in [-0.25, -0.2) is 13.2 Å². The molecule has 4 nitrogen and oxygen atoms in total. The second-order valence-corrected chi connectivity index (χ2v) is 8.68. The molecule has 31 heavy (non-hydrogen) atoms. The van der Waals surface area contributed by atoms with Gasteiger partial charge in [0.15, 0.2) is 0 Å². The van der Waals surface area contributed by atoms with Crippen molar-refractivity contribution in [1.82, 2.24) is 10.3 Å². The molecule has 2 heterocycles. The van der Waals surface area contributed by atoms with Crippen LogP contribution in [0.2, 0.25) is 0 Å². The standard InChI is InChI=1S/C24H23F3N2O2/c25-17-3-1-15(2-4-17)23-22(19-8-18(26)9-20(27)24(19)29-23)16-5-13(6-16)10-28-21(30)7-14-11-31-12-14/h1-4,8-9,13-14,16,29H,5-7,10-12H2,(H,28,30). The van der Waals surface area contributed by atoms with Crippen molar-refractivity contribution in [2.24, 2.45) is 11.8 Å². The quantitative estimate of drug-likeness (QED) is 0.587. The van der Waals surface area contributed by atoms with Gasteiger partial charge >= 0.3 is 0 Å². The van der Waals surface area contributed by atoms with Gasteiger partial charge in [-0.1, -0.05) is 0 Å². The summed E-state index contributed by atoms with van der Waals surface area (Å²) in [5.74, 6) is -0.838. The van der Waals surface area contributed by atoms with Crippen LogP contribution in [0.5, 0.6) is 0 Å². The van der Waals surface area contributed by atoms with Crippen molar-refractivity contribution in [2.45, 2.75) is 25.2 Å². The third-order valence-corrected chi connectivity index (χ3v) is 6.41. The van der Waals surface area contributed by atoms with Crippen LogP contribution in [0.15, 0.2) is 36.4 Å². The molecule has 0 unspecified atom stereocenters. The highest BCUT2D eigenvalue weighted by atomic mass is 19.1. The number of hydrogen-bond donors (Lipinski definition) is 2. The molecule has 1 aliphatic carbocycles. The topological polar surface area (TPSA) is 54.1 Å². The van der Waals surface area contributed by atoms with E-state index < -0.39 is 11.6 Å². The fraction of sp³-hybridized carbons (Fsp3) is 0.375. The zero-order chi connectivity index (χ0) is 21.5.